The lowest BCUT2D eigenvalue weighted by atomic mass is 10.0. The summed E-state index contributed by atoms with van der Waals surface area (Å²) in [6.45, 7) is 7.70. The van der Waals surface area contributed by atoms with Crippen molar-refractivity contribution in [1.29, 1.82) is 0 Å². The van der Waals surface area contributed by atoms with Gasteiger partial charge in [0.05, 0.1) is 7.11 Å². The molecule has 0 saturated heterocycles. The number of pyridine rings is 1. The second kappa shape index (κ2) is 14.2. The van der Waals surface area contributed by atoms with Crippen molar-refractivity contribution in [2.45, 2.75) is 52.9 Å². The van der Waals surface area contributed by atoms with E-state index in [2.05, 4.69) is 43.3 Å². The monoisotopic (exact) mass is 419 g/mol. The molecule has 0 bridgehead atoms. The van der Waals surface area contributed by atoms with Gasteiger partial charge in [0.1, 0.15) is 19.0 Å². The number of aromatic nitrogens is 1. The molecule has 1 heterocycles. The number of hydrogen-bond donors (Lipinski definition) is 2. The highest BCUT2D eigenvalue weighted by Crippen LogP contribution is 2.27. The number of ether oxygens (including phenoxy) is 2. The molecule has 0 spiro atoms. The summed E-state index contributed by atoms with van der Waals surface area (Å²) in [5.41, 5.74) is 2.08. The van der Waals surface area contributed by atoms with Gasteiger partial charge in [0.15, 0.2) is 0 Å². The van der Waals surface area contributed by atoms with Crippen LogP contribution in [0.15, 0.2) is 36.4 Å². The maximum atomic E-state index is 12.4. The van der Waals surface area contributed by atoms with Crippen LogP contribution in [-0.4, -0.2) is 31.4 Å². The highest BCUT2D eigenvalue weighted by molar-refractivity contribution is 6.01. The number of carbonyl (C=O) groups excluding carboxylic acids is 1. The van der Waals surface area contributed by atoms with E-state index in [-0.39, 0.29) is 18.4 Å². The molecule has 0 atom stereocenters. The van der Waals surface area contributed by atoms with Crippen molar-refractivity contribution in [2.75, 3.05) is 31.0 Å². The van der Waals surface area contributed by atoms with Gasteiger partial charge in [-0.15, -0.1) is 0 Å². The van der Waals surface area contributed by atoms with Crippen molar-refractivity contribution in [3.63, 3.8) is 0 Å². The predicted octanol–water partition coefficient (Wildman–Crippen LogP) is 6.40. The summed E-state index contributed by atoms with van der Waals surface area (Å²) in [4.78, 5) is 16.4. The number of unbranched alkanes of at least 4 members (excludes halogenated alkanes) is 2. The Labute approximate surface area is 179 Å². The van der Waals surface area contributed by atoms with Gasteiger partial charge in [-0.05, 0) is 23.6 Å². The number of methoxy groups -OCH3 is 1. The van der Waals surface area contributed by atoms with Crippen molar-refractivity contribution >= 4 is 17.4 Å². The Bertz CT molecular complexity index is 767. The first-order chi connectivity index (χ1) is 14.5. The highest BCUT2D eigenvalue weighted by atomic mass is 19.1. The third-order valence-electron chi connectivity index (χ3n) is 4.15. The van der Waals surface area contributed by atoms with Crippen molar-refractivity contribution in [1.82, 2.24) is 4.98 Å². The van der Waals surface area contributed by atoms with Gasteiger partial charge in [-0.1, -0.05) is 65.2 Å². The molecule has 0 saturated carbocycles. The molecule has 6 nitrogen and oxygen atoms in total. The van der Waals surface area contributed by atoms with E-state index in [9.17, 15) is 9.18 Å². The molecule has 0 aliphatic carbocycles. The maximum Gasteiger partial charge on any atom is 0.323 e. The van der Waals surface area contributed by atoms with Crippen LogP contribution in [-0.2, 0) is 0 Å². The zero-order chi connectivity index (χ0) is 22.4. The Morgan fingerprint density at radius 1 is 1.07 bits per heavy atom. The van der Waals surface area contributed by atoms with Gasteiger partial charge in [-0.25, -0.2) is 9.18 Å². The third-order valence-corrected chi connectivity index (χ3v) is 4.15. The van der Waals surface area contributed by atoms with E-state index in [1.165, 1.54) is 26.4 Å². The lowest BCUT2D eigenvalue weighted by Crippen LogP contribution is -2.21. The number of benzene rings is 1. The van der Waals surface area contributed by atoms with E-state index in [0.29, 0.717) is 11.6 Å². The summed E-state index contributed by atoms with van der Waals surface area (Å²) >= 11 is 0. The van der Waals surface area contributed by atoms with Gasteiger partial charge in [-0.3, -0.25) is 0 Å². The minimum absolute atomic E-state index is 0.101. The first-order valence-electron chi connectivity index (χ1n) is 10.4. The standard InChI is InChI=1S/C18H22FN3O3.C5H12/c1-12(2)13-6-4-5-7-14(13)20-18(23)21-15-8-9-16(24-3)22-17(15)25-11-10-19;1-3-5-4-2/h4-9,12H,10-11H2,1-3H3,(H2,20,21,23);3-5H2,1-2H3. The van der Waals surface area contributed by atoms with Crippen LogP contribution in [0.5, 0.6) is 11.8 Å². The Hall–Kier alpha value is -2.83. The van der Waals surface area contributed by atoms with Gasteiger partial charge >= 0.3 is 6.03 Å². The lowest BCUT2D eigenvalue weighted by molar-refractivity contribution is 0.258. The number of urea groups is 1. The van der Waals surface area contributed by atoms with Crippen LogP contribution in [0.25, 0.3) is 0 Å². The lowest BCUT2D eigenvalue weighted by Gasteiger charge is -2.15. The number of anilines is 2. The molecule has 2 amide bonds. The smallest absolute Gasteiger partial charge is 0.323 e. The molecule has 30 heavy (non-hydrogen) atoms. The summed E-state index contributed by atoms with van der Waals surface area (Å²) in [6, 6.07) is 10.3. The number of nitrogens with zero attached hydrogens (tertiary/aromatic N) is 1. The van der Waals surface area contributed by atoms with Crippen LogP contribution in [0.2, 0.25) is 0 Å². The van der Waals surface area contributed by atoms with Crippen molar-refractivity contribution in [3.8, 4) is 11.8 Å². The topological polar surface area (TPSA) is 72.5 Å². The predicted molar refractivity (Wildman–Crippen MR) is 121 cm³/mol. The minimum Gasteiger partial charge on any atom is -0.481 e. The molecule has 0 aliphatic rings. The van der Waals surface area contributed by atoms with Gasteiger partial charge in [0.2, 0.25) is 11.8 Å². The van der Waals surface area contributed by atoms with Crippen molar-refractivity contribution in [2.24, 2.45) is 0 Å². The second-order valence-electron chi connectivity index (χ2n) is 6.92. The van der Waals surface area contributed by atoms with Gasteiger partial charge in [-0.2, -0.15) is 4.98 Å². The van der Waals surface area contributed by atoms with Crippen molar-refractivity contribution in [3.05, 3.63) is 42.0 Å². The molecule has 0 fully saturated rings. The van der Waals surface area contributed by atoms with Crippen LogP contribution in [0.1, 0.15) is 58.4 Å². The molecule has 0 radical (unpaired) electrons. The van der Waals surface area contributed by atoms with Crippen molar-refractivity contribution < 1.29 is 18.7 Å². The number of halogens is 1. The molecule has 0 unspecified atom stereocenters. The van der Waals surface area contributed by atoms with Crippen LogP contribution < -0.4 is 20.1 Å². The number of alkyl halides is 1. The van der Waals surface area contributed by atoms with Gasteiger partial charge in [0.25, 0.3) is 0 Å². The first-order valence-corrected chi connectivity index (χ1v) is 10.4. The number of rotatable bonds is 9. The molecular formula is C23H34FN3O3. The molecule has 2 rings (SSSR count). The molecule has 7 heteroatoms. The highest BCUT2D eigenvalue weighted by Gasteiger charge is 2.13. The number of amides is 2. The van der Waals surface area contributed by atoms with E-state index in [1.54, 1.807) is 12.1 Å². The number of carbonyl (C=O) groups is 1. The van der Waals surface area contributed by atoms with Crippen LogP contribution in [0, 0.1) is 0 Å². The molecule has 0 aliphatic heterocycles. The number of nitrogens with one attached hydrogen (secondary N) is 2. The van der Waals surface area contributed by atoms with E-state index in [4.69, 9.17) is 9.47 Å². The normalized spacial score (nSPS) is 10.1. The first kappa shape index (κ1) is 25.2. The Morgan fingerprint density at radius 3 is 2.30 bits per heavy atom. The Morgan fingerprint density at radius 2 is 1.73 bits per heavy atom. The summed E-state index contributed by atoms with van der Waals surface area (Å²) in [6.07, 6.45) is 4.08. The molecule has 2 N–H and O–H groups in total. The molecule has 166 valence electrons. The molecule has 1 aromatic carbocycles. The Balaban J connectivity index is 0.000000804. The van der Waals surface area contributed by atoms with E-state index < -0.39 is 12.7 Å². The van der Waals surface area contributed by atoms with Gasteiger partial charge in [0, 0.05) is 11.8 Å². The fourth-order valence-electron chi connectivity index (χ4n) is 2.62. The average molecular weight is 420 g/mol. The SMILES string of the molecule is CCCCC.COc1ccc(NC(=O)Nc2ccccc2C(C)C)c(OCCF)n1. The van der Waals surface area contributed by atoms with Gasteiger partial charge < -0.3 is 20.1 Å². The summed E-state index contributed by atoms with van der Waals surface area (Å²) in [7, 11) is 1.46. The van der Waals surface area contributed by atoms with E-state index in [0.717, 1.165) is 11.3 Å². The zero-order valence-corrected chi connectivity index (χ0v) is 18.6. The quantitative estimate of drug-likeness (QED) is 0.493. The Kier molecular flexibility index (Phi) is 11.9. The molecule has 1 aromatic heterocycles. The summed E-state index contributed by atoms with van der Waals surface area (Å²) < 4.78 is 22.6. The fourth-order valence-corrected chi connectivity index (χ4v) is 2.62. The maximum absolute atomic E-state index is 12.4. The van der Waals surface area contributed by atoms with Crippen LogP contribution >= 0.6 is 0 Å². The van der Waals surface area contributed by atoms with E-state index in [1.807, 2.05) is 24.3 Å². The molecule has 2 aromatic rings. The minimum atomic E-state index is -0.660. The molecular weight excluding hydrogens is 385 g/mol. The number of hydrogen-bond acceptors (Lipinski definition) is 4. The second-order valence-corrected chi connectivity index (χ2v) is 6.92. The fraction of sp³-hybridized carbons (Fsp3) is 0.478. The summed E-state index contributed by atoms with van der Waals surface area (Å²) in [5.74, 6) is 0.678. The largest absolute Gasteiger partial charge is 0.481 e. The van der Waals surface area contributed by atoms with Crippen LogP contribution in [0.3, 0.4) is 0 Å². The van der Waals surface area contributed by atoms with Crippen LogP contribution in [0.4, 0.5) is 20.6 Å². The zero-order valence-electron chi connectivity index (χ0n) is 18.6. The van der Waals surface area contributed by atoms with E-state index >= 15 is 0 Å². The average Bonchev–Trinajstić information content (AvgIpc) is 2.74. The third kappa shape index (κ3) is 8.68. The summed E-state index contributed by atoms with van der Waals surface area (Å²) in [5, 5.41) is 5.48. The number of para-hydroxylation sites is 1.